The van der Waals surface area contributed by atoms with Crippen molar-refractivity contribution in [2.75, 3.05) is 5.32 Å². The van der Waals surface area contributed by atoms with E-state index in [1.54, 1.807) is 18.6 Å². The van der Waals surface area contributed by atoms with Crippen molar-refractivity contribution in [3.05, 3.63) is 85.6 Å². The van der Waals surface area contributed by atoms with E-state index in [0.29, 0.717) is 17.4 Å². The number of hydrogen-bond donors (Lipinski definition) is 3. The zero-order chi connectivity index (χ0) is 24.6. The summed E-state index contributed by atoms with van der Waals surface area (Å²) >= 11 is 0. The van der Waals surface area contributed by atoms with Crippen molar-refractivity contribution in [1.82, 2.24) is 35.1 Å². The Kier molecular flexibility index (Phi) is 5.26. The maximum Gasteiger partial charge on any atom is 0.161 e. The molecule has 0 amide bonds. The van der Waals surface area contributed by atoms with Crippen LogP contribution < -0.4 is 5.32 Å². The molecule has 3 N–H and O–H groups in total. The smallest absolute Gasteiger partial charge is 0.161 e. The summed E-state index contributed by atoms with van der Waals surface area (Å²) in [6, 6.07) is 16.0. The van der Waals surface area contributed by atoms with E-state index in [4.69, 9.17) is 9.97 Å². The molecular formula is C28H24N8. The normalized spacial score (nSPS) is 11.4. The fraction of sp³-hybridized carbons (Fsp3) is 0.107. The first-order valence-electron chi connectivity index (χ1n) is 11.7. The van der Waals surface area contributed by atoms with Gasteiger partial charge in [-0.3, -0.25) is 15.1 Å². The molecule has 8 nitrogen and oxygen atoms in total. The molecule has 6 aromatic rings. The largest absolute Gasteiger partial charge is 0.358 e. The van der Waals surface area contributed by atoms with Gasteiger partial charge in [0.15, 0.2) is 11.5 Å². The second-order valence-corrected chi connectivity index (χ2v) is 8.96. The van der Waals surface area contributed by atoms with Gasteiger partial charge in [-0.2, -0.15) is 5.10 Å². The highest BCUT2D eigenvalue weighted by Crippen LogP contribution is 2.31. The lowest BCUT2D eigenvalue weighted by atomic mass is 10.1. The minimum atomic E-state index is 0.319. The summed E-state index contributed by atoms with van der Waals surface area (Å²) < 4.78 is 0. The van der Waals surface area contributed by atoms with Gasteiger partial charge in [0.1, 0.15) is 5.52 Å². The average Bonchev–Trinajstić information content (AvgIpc) is 3.53. The third-order valence-corrected chi connectivity index (χ3v) is 6.15. The van der Waals surface area contributed by atoms with Crippen molar-refractivity contribution in [1.29, 1.82) is 0 Å². The molecular weight excluding hydrogens is 448 g/mol. The fourth-order valence-corrected chi connectivity index (χ4v) is 4.10. The van der Waals surface area contributed by atoms with E-state index in [1.165, 1.54) is 0 Å². The van der Waals surface area contributed by atoms with Gasteiger partial charge in [0, 0.05) is 41.0 Å². The summed E-state index contributed by atoms with van der Waals surface area (Å²) in [4.78, 5) is 21.9. The quantitative estimate of drug-likeness (QED) is 0.266. The van der Waals surface area contributed by atoms with Crippen LogP contribution in [0.2, 0.25) is 0 Å². The number of para-hydroxylation sites is 1. The topological polar surface area (TPSA) is 108 Å². The molecule has 0 unspecified atom stereocenters. The Morgan fingerprint density at radius 2 is 1.78 bits per heavy atom. The molecule has 0 saturated heterocycles. The van der Waals surface area contributed by atoms with Gasteiger partial charge in [-0.25, -0.2) is 9.97 Å². The number of hydrogen-bond acceptors (Lipinski definition) is 6. The first kappa shape index (κ1) is 21.7. The summed E-state index contributed by atoms with van der Waals surface area (Å²) in [6.07, 6.45) is 7.20. The van der Waals surface area contributed by atoms with Crippen LogP contribution in [0.1, 0.15) is 13.8 Å². The molecule has 6 rings (SSSR count). The standard InChI is InChI=1S/C28H24N8/c1-16(2)17(3)31-20-12-19(14-30-15-20)22-9-10-24-26(32-22)27(36-35-24)28-33-23-8-4-7-21(25(23)34-28)18-6-5-11-29-13-18/h4-16,31H,3H2,1-2H3,(H,33,34)(H,35,36). The number of pyridine rings is 3. The Labute approximate surface area is 207 Å². The zero-order valence-electron chi connectivity index (χ0n) is 19.9. The molecule has 0 saturated carbocycles. The maximum atomic E-state index is 4.93. The molecule has 8 heteroatoms. The summed E-state index contributed by atoms with van der Waals surface area (Å²) in [6.45, 7) is 8.29. The number of nitrogens with one attached hydrogen (secondary N) is 3. The molecule has 5 heterocycles. The molecule has 0 radical (unpaired) electrons. The number of aromatic amines is 2. The van der Waals surface area contributed by atoms with Crippen molar-refractivity contribution in [2.24, 2.45) is 5.92 Å². The van der Waals surface area contributed by atoms with E-state index in [-0.39, 0.29) is 0 Å². The Balaban J connectivity index is 1.41. The number of anilines is 1. The van der Waals surface area contributed by atoms with Crippen LogP contribution in [0.4, 0.5) is 5.69 Å². The van der Waals surface area contributed by atoms with Crippen LogP contribution >= 0.6 is 0 Å². The molecule has 0 atom stereocenters. The van der Waals surface area contributed by atoms with Gasteiger partial charge in [0.05, 0.1) is 34.1 Å². The number of H-pyrrole nitrogens is 2. The Bertz CT molecular complexity index is 1710. The van der Waals surface area contributed by atoms with Gasteiger partial charge in [0.2, 0.25) is 0 Å². The number of allylic oxidation sites excluding steroid dienone is 1. The van der Waals surface area contributed by atoms with Crippen LogP contribution in [0.3, 0.4) is 0 Å². The monoisotopic (exact) mass is 472 g/mol. The lowest BCUT2D eigenvalue weighted by Gasteiger charge is -2.13. The van der Waals surface area contributed by atoms with E-state index in [2.05, 4.69) is 50.9 Å². The van der Waals surface area contributed by atoms with Gasteiger partial charge in [-0.1, -0.05) is 38.6 Å². The number of rotatable bonds is 6. The van der Waals surface area contributed by atoms with E-state index in [1.807, 2.05) is 54.7 Å². The van der Waals surface area contributed by atoms with Crippen LogP contribution in [0.25, 0.3) is 56.0 Å². The average molecular weight is 473 g/mol. The molecule has 0 aliphatic carbocycles. The number of aromatic nitrogens is 7. The van der Waals surface area contributed by atoms with Crippen LogP contribution in [-0.2, 0) is 0 Å². The minimum absolute atomic E-state index is 0.319. The molecule has 0 aliphatic rings. The van der Waals surface area contributed by atoms with Crippen molar-refractivity contribution in [3.8, 4) is 33.9 Å². The van der Waals surface area contributed by atoms with Gasteiger partial charge < -0.3 is 10.3 Å². The number of imidazole rings is 1. The second kappa shape index (κ2) is 8.74. The van der Waals surface area contributed by atoms with Gasteiger partial charge >= 0.3 is 0 Å². The third-order valence-electron chi connectivity index (χ3n) is 6.15. The summed E-state index contributed by atoms with van der Waals surface area (Å²) in [5, 5.41) is 11.0. The van der Waals surface area contributed by atoms with Crippen molar-refractivity contribution in [3.63, 3.8) is 0 Å². The first-order chi connectivity index (χ1) is 17.6. The summed E-state index contributed by atoms with van der Waals surface area (Å²) in [7, 11) is 0. The number of fused-ring (bicyclic) bond motifs is 2. The Morgan fingerprint density at radius 1 is 0.889 bits per heavy atom. The predicted molar refractivity (Wildman–Crippen MR) is 143 cm³/mol. The maximum absolute atomic E-state index is 4.93. The molecule has 0 aliphatic heterocycles. The van der Waals surface area contributed by atoms with Gasteiger partial charge in [-0.15, -0.1) is 0 Å². The Morgan fingerprint density at radius 3 is 2.61 bits per heavy atom. The van der Waals surface area contributed by atoms with E-state index < -0.39 is 0 Å². The summed E-state index contributed by atoms with van der Waals surface area (Å²) in [5.41, 5.74) is 9.54. The van der Waals surface area contributed by atoms with E-state index >= 15 is 0 Å². The minimum Gasteiger partial charge on any atom is -0.358 e. The number of benzene rings is 1. The lowest BCUT2D eigenvalue weighted by Crippen LogP contribution is -2.04. The summed E-state index contributed by atoms with van der Waals surface area (Å²) in [5.74, 6) is 0.970. The Hall–Kier alpha value is -4.85. The van der Waals surface area contributed by atoms with E-state index in [9.17, 15) is 0 Å². The molecule has 5 aromatic heterocycles. The molecule has 36 heavy (non-hydrogen) atoms. The second-order valence-electron chi connectivity index (χ2n) is 8.96. The molecule has 0 spiro atoms. The number of nitrogens with zero attached hydrogens (tertiary/aromatic N) is 5. The van der Waals surface area contributed by atoms with Crippen LogP contribution in [0, 0.1) is 5.92 Å². The van der Waals surface area contributed by atoms with Gasteiger partial charge in [-0.05, 0) is 36.2 Å². The van der Waals surface area contributed by atoms with Crippen LogP contribution in [0.5, 0.6) is 0 Å². The van der Waals surface area contributed by atoms with Gasteiger partial charge in [0.25, 0.3) is 0 Å². The molecule has 1 aromatic carbocycles. The SMILES string of the molecule is C=C(Nc1cncc(-c2ccc3[nH]nc(-c4nc5c(-c6cccnc6)cccc5[nH]4)c3n2)c1)C(C)C. The van der Waals surface area contributed by atoms with Crippen LogP contribution in [0.15, 0.2) is 85.6 Å². The van der Waals surface area contributed by atoms with Crippen LogP contribution in [-0.4, -0.2) is 35.1 Å². The lowest BCUT2D eigenvalue weighted by molar-refractivity contribution is 0.778. The third kappa shape index (κ3) is 3.88. The molecule has 176 valence electrons. The fourth-order valence-electron chi connectivity index (χ4n) is 4.10. The highest BCUT2D eigenvalue weighted by Gasteiger charge is 2.17. The molecule has 0 bridgehead atoms. The zero-order valence-corrected chi connectivity index (χ0v) is 19.9. The van der Waals surface area contributed by atoms with Crippen molar-refractivity contribution < 1.29 is 0 Å². The first-order valence-corrected chi connectivity index (χ1v) is 11.7. The van der Waals surface area contributed by atoms with Crippen molar-refractivity contribution in [2.45, 2.75) is 13.8 Å². The highest BCUT2D eigenvalue weighted by molar-refractivity contribution is 5.96. The van der Waals surface area contributed by atoms with Crippen molar-refractivity contribution >= 4 is 27.8 Å². The molecule has 0 fully saturated rings. The van der Waals surface area contributed by atoms with E-state index in [0.717, 1.165) is 55.8 Å². The predicted octanol–water partition coefficient (Wildman–Crippen LogP) is 6.21. The highest BCUT2D eigenvalue weighted by atomic mass is 15.1.